The van der Waals surface area contributed by atoms with E-state index in [0.717, 1.165) is 49.3 Å². The van der Waals surface area contributed by atoms with Gasteiger partial charge in [0.25, 0.3) is 5.91 Å². The number of anilines is 1. The fraction of sp³-hybridized carbons (Fsp3) is 0.345. The van der Waals surface area contributed by atoms with Gasteiger partial charge in [-0.1, -0.05) is 72.3 Å². The van der Waals surface area contributed by atoms with Crippen LogP contribution in [-0.4, -0.2) is 50.1 Å². The van der Waals surface area contributed by atoms with E-state index in [9.17, 15) is 4.79 Å². The Morgan fingerprint density at radius 2 is 1.63 bits per heavy atom. The summed E-state index contributed by atoms with van der Waals surface area (Å²) in [7, 11) is 2.04. The summed E-state index contributed by atoms with van der Waals surface area (Å²) in [5.41, 5.74) is 2.65. The number of amides is 1. The molecule has 1 unspecified atom stereocenters. The molecule has 7 rings (SSSR count). The monoisotopic (exact) mass is 487 g/mol. The molecule has 1 N–H and O–H groups in total. The third kappa shape index (κ3) is 3.97. The SMILES string of the molecule is CN1CC(c2ccccc2)(c2ccccc2)Oc2c(C(=O)NC3CN4CCC3CC4)cc(Cl)cc21. The number of fused-ring (bicyclic) bond motifs is 4. The minimum Gasteiger partial charge on any atom is -0.473 e. The van der Waals surface area contributed by atoms with Crippen LogP contribution in [0, 0.1) is 5.92 Å². The first-order valence-electron chi connectivity index (χ1n) is 12.4. The number of rotatable bonds is 4. The normalized spacial score (nSPS) is 24.4. The molecule has 0 aliphatic carbocycles. The Hall–Kier alpha value is -3.02. The van der Waals surface area contributed by atoms with Crippen molar-refractivity contribution in [3.8, 4) is 5.75 Å². The lowest BCUT2D eigenvalue weighted by Gasteiger charge is -2.46. The number of ether oxygens (including phenoxy) is 1. The van der Waals surface area contributed by atoms with Crippen molar-refractivity contribution in [2.24, 2.45) is 5.92 Å². The minimum absolute atomic E-state index is 0.118. The van der Waals surface area contributed by atoms with Crippen molar-refractivity contribution >= 4 is 23.2 Å². The predicted octanol–water partition coefficient (Wildman–Crippen LogP) is 4.94. The van der Waals surface area contributed by atoms with Crippen molar-refractivity contribution in [1.29, 1.82) is 0 Å². The second-order valence-electron chi connectivity index (χ2n) is 10.0. The van der Waals surface area contributed by atoms with Crippen molar-refractivity contribution in [2.75, 3.05) is 38.1 Å². The highest BCUT2D eigenvalue weighted by atomic mass is 35.5. The van der Waals surface area contributed by atoms with Gasteiger partial charge in [0.05, 0.1) is 17.8 Å². The second kappa shape index (κ2) is 8.89. The van der Waals surface area contributed by atoms with Crippen LogP contribution >= 0.6 is 11.6 Å². The van der Waals surface area contributed by atoms with E-state index in [1.165, 1.54) is 0 Å². The maximum atomic E-state index is 13.7. The van der Waals surface area contributed by atoms with Crippen LogP contribution < -0.4 is 15.0 Å². The first kappa shape index (κ1) is 22.4. The summed E-state index contributed by atoms with van der Waals surface area (Å²) in [6.07, 6.45) is 2.28. The molecule has 3 aromatic rings. The average molecular weight is 488 g/mol. The summed E-state index contributed by atoms with van der Waals surface area (Å²) in [6, 6.07) is 24.3. The number of hydrogen-bond acceptors (Lipinski definition) is 4. The number of piperidine rings is 3. The average Bonchev–Trinajstić information content (AvgIpc) is 2.90. The van der Waals surface area contributed by atoms with Crippen LogP contribution in [0.5, 0.6) is 5.75 Å². The Kier molecular flexibility index (Phi) is 5.70. The van der Waals surface area contributed by atoms with Crippen LogP contribution in [0.3, 0.4) is 0 Å². The molecular formula is C29H30ClN3O2. The molecule has 5 nitrogen and oxygen atoms in total. The molecule has 1 atom stereocenters. The quantitative estimate of drug-likeness (QED) is 0.566. The van der Waals surface area contributed by atoms with Gasteiger partial charge in [0, 0.05) is 35.8 Å². The molecule has 4 aliphatic heterocycles. The van der Waals surface area contributed by atoms with Crippen molar-refractivity contribution in [2.45, 2.75) is 24.5 Å². The first-order chi connectivity index (χ1) is 17.0. The van der Waals surface area contributed by atoms with Gasteiger partial charge < -0.3 is 19.9 Å². The fourth-order valence-corrected chi connectivity index (χ4v) is 6.23. The molecular weight excluding hydrogens is 458 g/mol. The van der Waals surface area contributed by atoms with Crippen LogP contribution in [0.15, 0.2) is 72.8 Å². The minimum atomic E-state index is -0.761. The number of benzene rings is 3. The third-order valence-electron chi connectivity index (χ3n) is 7.88. The highest BCUT2D eigenvalue weighted by Gasteiger charge is 2.44. The molecule has 6 heteroatoms. The van der Waals surface area contributed by atoms with Gasteiger partial charge in [-0.2, -0.15) is 0 Å². The molecule has 3 fully saturated rings. The molecule has 0 saturated carbocycles. The van der Waals surface area contributed by atoms with Crippen molar-refractivity contribution in [3.05, 3.63) is 94.5 Å². The van der Waals surface area contributed by atoms with E-state index < -0.39 is 5.60 Å². The Morgan fingerprint density at radius 1 is 1.00 bits per heavy atom. The predicted molar refractivity (Wildman–Crippen MR) is 139 cm³/mol. The lowest BCUT2D eigenvalue weighted by Crippen LogP contribution is -2.57. The summed E-state index contributed by atoms with van der Waals surface area (Å²) >= 11 is 6.53. The third-order valence-corrected chi connectivity index (χ3v) is 8.10. The maximum absolute atomic E-state index is 13.7. The summed E-state index contributed by atoms with van der Waals surface area (Å²) in [4.78, 5) is 18.3. The van der Waals surface area contributed by atoms with Gasteiger partial charge in [-0.3, -0.25) is 4.79 Å². The summed E-state index contributed by atoms with van der Waals surface area (Å²) < 4.78 is 6.95. The molecule has 4 heterocycles. The Morgan fingerprint density at radius 3 is 2.20 bits per heavy atom. The van der Waals surface area contributed by atoms with E-state index >= 15 is 0 Å². The van der Waals surface area contributed by atoms with Gasteiger partial charge in [-0.05, 0) is 44.0 Å². The number of hydrogen-bond donors (Lipinski definition) is 1. The lowest BCUT2D eigenvalue weighted by molar-refractivity contribution is 0.0610. The number of carbonyl (C=O) groups is 1. The Bertz CT molecular complexity index is 1190. The van der Waals surface area contributed by atoms with E-state index in [1.54, 1.807) is 6.07 Å². The molecule has 0 radical (unpaired) electrons. The Balaban J connectivity index is 1.42. The van der Waals surface area contributed by atoms with Crippen LogP contribution in [0.2, 0.25) is 5.02 Å². The van der Waals surface area contributed by atoms with Crippen LogP contribution in [-0.2, 0) is 5.60 Å². The van der Waals surface area contributed by atoms with Crippen molar-refractivity contribution < 1.29 is 9.53 Å². The van der Waals surface area contributed by atoms with E-state index in [0.29, 0.717) is 28.8 Å². The van der Waals surface area contributed by atoms with Crippen molar-refractivity contribution in [1.82, 2.24) is 10.2 Å². The number of nitrogens with one attached hydrogen (secondary N) is 1. The largest absolute Gasteiger partial charge is 0.473 e. The number of carbonyl (C=O) groups excluding carboxylic acids is 1. The molecule has 0 aromatic heterocycles. The smallest absolute Gasteiger partial charge is 0.255 e. The van der Waals surface area contributed by atoms with Crippen LogP contribution in [0.4, 0.5) is 5.69 Å². The first-order valence-corrected chi connectivity index (χ1v) is 12.8. The number of halogens is 1. The standard InChI is InChI=1S/C29H30ClN3O2/c1-32-19-29(21-8-4-2-5-9-21,22-10-6-3-7-11-22)35-27-24(16-23(30)17-26(27)32)28(34)31-25-18-33-14-12-20(25)13-15-33/h2-11,16-17,20,25H,12-15,18-19H2,1H3,(H,31,34). The molecule has 35 heavy (non-hydrogen) atoms. The van der Waals surface area contributed by atoms with Gasteiger partial charge >= 0.3 is 0 Å². The lowest BCUT2D eigenvalue weighted by atomic mass is 9.83. The van der Waals surface area contributed by atoms with E-state index in [2.05, 4.69) is 39.4 Å². The molecule has 2 bridgehead atoms. The second-order valence-corrected chi connectivity index (χ2v) is 10.5. The maximum Gasteiger partial charge on any atom is 0.255 e. The molecule has 0 spiro atoms. The van der Waals surface area contributed by atoms with E-state index in [1.807, 2.05) is 49.5 Å². The van der Waals surface area contributed by atoms with Crippen molar-refractivity contribution in [3.63, 3.8) is 0 Å². The summed E-state index contributed by atoms with van der Waals surface area (Å²) in [5, 5.41) is 3.86. The van der Waals surface area contributed by atoms with Gasteiger partial charge in [-0.25, -0.2) is 0 Å². The number of nitrogens with zero attached hydrogens (tertiary/aromatic N) is 2. The van der Waals surface area contributed by atoms with Gasteiger partial charge in [-0.15, -0.1) is 0 Å². The van der Waals surface area contributed by atoms with Gasteiger partial charge in [0.1, 0.15) is 0 Å². The van der Waals surface area contributed by atoms with E-state index in [-0.39, 0.29) is 11.9 Å². The highest BCUT2D eigenvalue weighted by molar-refractivity contribution is 6.31. The highest BCUT2D eigenvalue weighted by Crippen LogP contribution is 2.47. The summed E-state index contributed by atoms with van der Waals surface area (Å²) in [6.45, 7) is 3.77. The summed E-state index contributed by atoms with van der Waals surface area (Å²) in [5.74, 6) is 0.998. The van der Waals surface area contributed by atoms with Gasteiger partial charge in [0.2, 0.25) is 0 Å². The van der Waals surface area contributed by atoms with Crippen LogP contribution in [0.25, 0.3) is 0 Å². The zero-order valence-electron chi connectivity index (χ0n) is 19.9. The molecule has 1 amide bonds. The Labute approximate surface area is 211 Å². The zero-order valence-corrected chi connectivity index (χ0v) is 20.7. The molecule has 180 valence electrons. The van der Waals surface area contributed by atoms with Gasteiger partial charge in [0.15, 0.2) is 11.4 Å². The fourth-order valence-electron chi connectivity index (χ4n) is 6.02. The number of likely N-dealkylation sites (N-methyl/N-ethyl adjacent to an activating group) is 1. The van der Waals surface area contributed by atoms with E-state index in [4.69, 9.17) is 16.3 Å². The zero-order chi connectivity index (χ0) is 24.0. The molecule has 3 aromatic carbocycles. The molecule has 4 aliphatic rings. The topological polar surface area (TPSA) is 44.8 Å². The van der Waals surface area contributed by atoms with Crippen LogP contribution in [0.1, 0.15) is 34.3 Å². The molecule has 3 saturated heterocycles.